The second-order valence-electron chi connectivity index (χ2n) is 24.0. The summed E-state index contributed by atoms with van der Waals surface area (Å²) in [5.41, 5.74) is 0. The van der Waals surface area contributed by atoms with Crippen LogP contribution in [0.15, 0.2) is 0 Å². The number of carbonyl (C=O) groups is 1. The van der Waals surface area contributed by atoms with E-state index in [2.05, 4.69) is 19.2 Å². The maximum atomic E-state index is 13.1. The molecule has 0 aliphatic carbocycles. The van der Waals surface area contributed by atoms with Crippen LogP contribution in [0.5, 0.6) is 0 Å². The first kappa shape index (κ1) is 72.2. The molecule has 1 fully saturated rings. The standard InChI is InChI=1S/C66H131NO8/c1-3-5-7-9-11-13-15-17-19-20-21-22-23-24-25-26-27-28-29-30-31-32-33-34-35-36-37-38-39-40-42-44-46-48-50-52-54-56-62(70)67-59(58-74-66-65(73)64(72)63(71)61(57-68)75-66)60(69)55-53-51-49-47-45-43-41-18-16-14-12-10-8-6-4-2/h59-61,63-66,68-69,71-73H,3-58H2,1-2H3,(H,67,70). The van der Waals surface area contributed by atoms with Crippen LogP contribution in [-0.2, 0) is 14.3 Å². The zero-order valence-corrected chi connectivity index (χ0v) is 50.1. The Kier molecular flexibility index (Phi) is 54.4. The Bertz CT molecular complexity index is 1140. The molecule has 7 atom stereocenters. The Balaban J connectivity index is 2.02. The van der Waals surface area contributed by atoms with Gasteiger partial charge in [-0.1, -0.05) is 341 Å². The first-order valence-corrected chi connectivity index (χ1v) is 33.7. The van der Waals surface area contributed by atoms with E-state index in [0.29, 0.717) is 12.8 Å². The quantitative estimate of drug-likeness (QED) is 0.0330. The largest absolute Gasteiger partial charge is 0.394 e. The normalized spacial score (nSPS) is 18.7. The zero-order valence-electron chi connectivity index (χ0n) is 50.1. The molecule has 9 nitrogen and oxygen atoms in total. The lowest BCUT2D eigenvalue weighted by atomic mass is 9.99. The van der Waals surface area contributed by atoms with Crippen LogP contribution in [0.25, 0.3) is 0 Å². The van der Waals surface area contributed by atoms with Gasteiger partial charge in [-0.25, -0.2) is 0 Å². The summed E-state index contributed by atoms with van der Waals surface area (Å²) in [7, 11) is 0. The van der Waals surface area contributed by atoms with Gasteiger partial charge in [0.2, 0.25) is 5.91 Å². The van der Waals surface area contributed by atoms with Gasteiger partial charge in [0.1, 0.15) is 24.4 Å². The van der Waals surface area contributed by atoms with Gasteiger partial charge in [0.25, 0.3) is 0 Å². The summed E-state index contributed by atoms with van der Waals surface area (Å²) >= 11 is 0. The fraction of sp³-hybridized carbons (Fsp3) is 0.985. The summed E-state index contributed by atoms with van der Waals surface area (Å²) in [4.78, 5) is 13.1. The molecule has 0 bridgehead atoms. The van der Waals surface area contributed by atoms with Crippen LogP contribution in [0.4, 0.5) is 0 Å². The monoisotopic (exact) mass is 1070 g/mol. The van der Waals surface area contributed by atoms with E-state index in [4.69, 9.17) is 9.47 Å². The molecule has 1 amide bonds. The van der Waals surface area contributed by atoms with Gasteiger partial charge in [0.05, 0.1) is 25.4 Å². The van der Waals surface area contributed by atoms with Gasteiger partial charge in [0, 0.05) is 6.42 Å². The highest BCUT2D eigenvalue weighted by Crippen LogP contribution is 2.24. The van der Waals surface area contributed by atoms with Gasteiger partial charge in [-0.2, -0.15) is 0 Å². The number of hydrogen-bond donors (Lipinski definition) is 6. The van der Waals surface area contributed by atoms with Crippen molar-refractivity contribution in [3.8, 4) is 0 Å². The summed E-state index contributed by atoms with van der Waals surface area (Å²) in [5, 5.41) is 54.7. The number of aliphatic hydroxyl groups is 5. The number of rotatable bonds is 60. The van der Waals surface area contributed by atoms with Crippen LogP contribution < -0.4 is 5.32 Å². The number of aliphatic hydroxyl groups excluding tert-OH is 5. The number of hydrogen-bond acceptors (Lipinski definition) is 8. The topological polar surface area (TPSA) is 149 Å². The minimum Gasteiger partial charge on any atom is -0.394 e. The summed E-state index contributed by atoms with van der Waals surface area (Å²) < 4.78 is 11.3. The van der Waals surface area contributed by atoms with Gasteiger partial charge in [0.15, 0.2) is 6.29 Å². The Morgan fingerprint density at radius 1 is 0.400 bits per heavy atom. The first-order valence-electron chi connectivity index (χ1n) is 33.7. The SMILES string of the molecule is CCCCCCCCCCCCCCCCCCCCCCCCCCCCCCCCCCCCCCCC(=O)NC(COC1OC(CO)C(O)C(O)C1O)C(O)CCCCCCCCCCCCCCCCC. The molecule has 1 saturated heterocycles. The molecule has 75 heavy (non-hydrogen) atoms. The lowest BCUT2D eigenvalue weighted by Gasteiger charge is -2.40. The highest BCUT2D eigenvalue weighted by molar-refractivity contribution is 5.76. The van der Waals surface area contributed by atoms with Gasteiger partial charge in [-0.3, -0.25) is 4.79 Å². The van der Waals surface area contributed by atoms with Crippen molar-refractivity contribution in [2.45, 2.75) is 403 Å². The highest BCUT2D eigenvalue weighted by atomic mass is 16.7. The second-order valence-corrected chi connectivity index (χ2v) is 24.0. The molecular weight excluding hydrogens is 935 g/mol. The third-order valence-corrected chi connectivity index (χ3v) is 16.7. The fourth-order valence-electron chi connectivity index (χ4n) is 11.4. The third kappa shape index (κ3) is 45.6. The molecule has 9 heteroatoms. The molecule has 1 heterocycles. The van der Waals surface area contributed by atoms with E-state index >= 15 is 0 Å². The number of unbranched alkanes of at least 4 members (excludes halogenated alkanes) is 50. The molecule has 0 aromatic heterocycles. The van der Waals surface area contributed by atoms with E-state index in [1.165, 1.54) is 295 Å². The Hall–Kier alpha value is -0.810. The smallest absolute Gasteiger partial charge is 0.220 e. The van der Waals surface area contributed by atoms with Crippen LogP contribution in [0.3, 0.4) is 0 Å². The van der Waals surface area contributed by atoms with E-state index in [-0.39, 0.29) is 12.5 Å². The number of amides is 1. The van der Waals surface area contributed by atoms with Crippen molar-refractivity contribution >= 4 is 5.91 Å². The van der Waals surface area contributed by atoms with Gasteiger partial charge >= 0.3 is 0 Å². The van der Waals surface area contributed by atoms with Crippen molar-refractivity contribution in [3.05, 3.63) is 0 Å². The van der Waals surface area contributed by atoms with Crippen molar-refractivity contribution in [2.24, 2.45) is 0 Å². The van der Waals surface area contributed by atoms with Crippen LogP contribution in [-0.4, -0.2) is 87.5 Å². The highest BCUT2D eigenvalue weighted by Gasteiger charge is 2.44. The molecule has 1 aliphatic rings. The molecule has 1 rings (SSSR count). The van der Waals surface area contributed by atoms with E-state index < -0.39 is 49.5 Å². The maximum Gasteiger partial charge on any atom is 0.220 e. The van der Waals surface area contributed by atoms with Crippen LogP contribution in [0, 0.1) is 0 Å². The van der Waals surface area contributed by atoms with Gasteiger partial charge in [-0.15, -0.1) is 0 Å². The lowest BCUT2D eigenvalue weighted by molar-refractivity contribution is -0.302. The Morgan fingerprint density at radius 3 is 0.947 bits per heavy atom. The van der Waals surface area contributed by atoms with Crippen molar-refractivity contribution in [1.29, 1.82) is 0 Å². The van der Waals surface area contributed by atoms with Gasteiger partial charge in [-0.05, 0) is 12.8 Å². The predicted octanol–water partition coefficient (Wildman–Crippen LogP) is 17.8. The van der Waals surface area contributed by atoms with Crippen molar-refractivity contribution < 1.29 is 39.8 Å². The average Bonchev–Trinajstić information content (AvgIpc) is 3.41. The first-order chi connectivity index (χ1) is 36.8. The Morgan fingerprint density at radius 2 is 0.667 bits per heavy atom. The van der Waals surface area contributed by atoms with Crippen LogP contribution in [0.1, 0.15) is 361 Å². The third-order valence-electron chi connectivity index (χ3n) is 16.7. The molecule has 0 saturated carbocycles. The molecule has 0 spiro atoms. The minimum absolute atomic E-state index is 0.131. The van der Waals surface area contributed by atoms with Crippen LogP contribution in [0.2, 0.25) is 0 Å². The molecule has 7 unspecified atom stereocenters. The zero-order chi connectivity index (χ0) is 54.3. The number of carbonyl (C=O) groups excluding carboxylic acids is 1. The molecule has 1 aliphatic heterocycles. The summed E-state index contributed by atoms with van der Waals surface area (Å²) in [5.74, 6) is -0.135. The van der Waals surface area contributed by atoms with E-state index in [1.807, 2.05) is 0 Å². The summed E-state index contributed by atoms with van der Waals surface area (Å²) in [6.07, 6.45) is 63.3. The van der Waals surface area contributed by atoms with Crippen molar-refractivity contribution in [3.63, 3.8) is 0 Å². The van der Waals surface area contributed by atoms with E-state index in [9.17, 15) is 30.3 Å². The molecule has 6 N–H and O–H groups in total. The molecule has 0 aromatic carbocycles. The summed E-state index contributed by atoms with van der Waals surface area (Å²) in [6, 6.07) is -0.714. The lowest BCUT2D eigenvalue weighted by Crippen LogP contribution is -2.60. The average molecular weight is 1070 g/mol. The molecular formula is C66H131NO8. The van der Waals surface area contributed by atoms with E-state index in [0.717, 1.165) is 38.5 Å². The van der Waals surface area contributed by atoms with Crippen molar-refractivity contribution in [1.82, 2.24) is 5.32 Å². The Labute approximate surface area is 465 Å². The molecule has 0 aromatic rings. The van der Waals surface area contributed by atoms with Crippen molar-refractivity contribution in [2.75, 3.05) is 13.2 Å². The van der Waals surface area contributed by atoms with Crippen LogP contribution >= 0.6 is 0 Å². The minimum atomic E-state index is -1.55. The van der Waals surface area contributed by atoms with E-state index in [1.54, 1.807) is 0 Å². The number of ether oxygens (including phenoxy) is 2. The molecule has 448 valence electrons. The molecule has 0 radical (unpaired) electrons. The number of nitrogens with one attached hydrogen (secondary N) is 1. The predicted molar refractivity (Wildman–Crippen MR) is 318 cm³/mol. The fourth-order valence-corrected chi connectivity index (χ4v) is 11.4. The summed E-state index contributed by atoms with van der Waals surface area (Å²) in [6.45, 7) is 3.89. The maximum absolute atomic E-state index is 13.1. The second kappa shape index (κ2) is 56.5. The van der Waals surface area contributed by atoms with Gasteiger partial charge < -0.3 is 40.3 Å².